The van der Waals surface area contributed by atoms with Gasteiger partial charge in [0.05, 0.1) is 25.3 Å². The number of hydrogen-bond donors (Lipinski definition) is 2. The lowest BCUT2D eigenvalue weighted by molar-refractivity contribution is -0.132. The number of carbonyl (C=O) groups is 3. The fraction of sp³-hybridized carbons (Fsp3) is 0.579. The zero-order chi connectivity index (χ0) is 38.5. The number of nitrogens with one attached hydrogen (secondary N) is 2. The van der Waals surface area contributed by atoms with Gasteiger partial charge < -0.3 is 43.8 Å². The van der Waals surface area contributed by atoms with Crippen molar-refractivity contribution in [3.63, 3.8) is 0 Å². The Bertz CT molecular complexity index is 1850. The number of amides is 2. The van der Waals surface area contributed by atoms with E-state index in [1.807, 2.05) is 20.9 Å². The SMILES string of the molecule is COCOc1c(OC)c(C)cc2c1[C@@H]1C3Cc4c(OC(C)=O)c(C)c5c(c4[C@H](CNC(=O)[C@H](C)NC(=O)OC(C)(C)C)N3[C@@H](C#N)[C@@H](C2)N1C)OCO5. The molecule has 53 heavy (non-hydrogen) atoms. The summed E-state index contributed by atoms with van der Waals surface area (Å²) in [5, 5.41) is 16.6. The lowest BCUT2D eigenvalue weighted by atomic mass is 9.71. The standard InChI is InChI=1S/C38H49N5O10/c1-18-11-22-12-24-26(14-39)43-25(30(42(24)8)28(22)34(31(18)48-10)49-16-47-9)13-23-29(35-33(50-17-51-35)19(2)32(23)52-21(4)44)27(43)15-40-36(45)20(3)41-37(46)53-38(5,6)7/h11,20,24-27,30H,12-13,15-17H2,1-10H3,(H,40,45)(H,41,46)/t20-,24+,25?,26-,27-,30-/m0/s1. The van der Waals surface area contributed by atoms with E-state index in [1.165, 1.54) is 6.92 Å². The van der Waals surface area contributed by atoms with E-state index in [2.05, 4.69) is 32.6 Å². The van der Waals surface area contributed by atoms with Crippen LogP contribution in [-0.2, 0) is 31.9 Å². The first-order valence-electron chi connectivity index (χ1n) is 17.7. The van der Waals surface area contributed by atoms with E-state index in [9.17, 15) is 19.6 Å². The highest BCUT2D eigenvalue weighted by Gasteiger charge is 2.57. The van der Waals surface area contributed by atoms with Gasteiger partial charge in [0.25, 0.3) is 0 Å². The average Bonchev–Trinajstić information content (AvgIpc) is 3.57. The summed E-state index contributed by atoms with van der Waals surface area (Å²) < 4.78 is 40.9. The molecule has 0 saturated carbocycles. The van der Waals surface area contributed by atoms with Crippen LogP contribution in [0, 0.1) is 25.2 Å². The number of ether oxygens (including phenoxy) is 7. The summed E-state index contributed by atoms with van der Waals surface area (Å²) in [7, 11) is 5.18. The summed E-state index contributed by atoms with van der Waals surface area (Å²) in [5.74, 6) is 1.48. The molecule has 1 fully saturated rings. The highest BCUT2D eigenvalue weighted by Crippen LogP contribution is 2.58. The number of hydrogen-bond acceptors (Lipinski definition) is 13. The molecular weight excluding hydrogens is 686 g/mol. The number of esters is 1. The van der Waals surface area contributed by atoms with E-state index in [4.69, 9.17) is 33.2 Å². The van der Waals surface area contributed by atoms with Gasteiger partial charge in [-0.1, -0.05) is 6.07 Å². The summed E-state index contributed by atoms with van der Waals surface area (Å²) in [6.45, 7) is 11.9. The van der Waals surface area contributed by atoms with Crippen molar-refractivity contribution < 1.29 is 47.5 Å². The highest BCUT2D eigenvalue weighted by molar-refractivity contribution is 5.85. The Balaban J connectivity index is 1.51. The van der Waals surface area contributed by atoms with Crippen LogP contribution in [0.25, 0.3) is 0 Å². The van der Waals surface area contributed by atoms with E-state index < -0.39 is 47.7 Å². The molecule has 0 spiro atoms. The van der Waals surface area contributed by atoms with Crippen molar-refractivity contribution >= 4 is 18.0 Å². The van der Waals surface area contributed by atoms with E-state index in [1.54, 1.807) is 41.9 Å². The molecule has 6 atom stereocenters. The number of aryl methyl sites for hydroxylation is 1. The Morgan fingerprint density at radius 2 is 1.77 bits per heavy atom. The third-order valence-electron chi connectivity index (χ3n) is 10.4. The van der Waals surface area contributed by atoms with Crippen LogP contribution in [0.1, 0.15) is 80.1 Å². The zero-order valence-corrected chi connectivity index (χ0v) is 32.0. The molecule has 6 rings (SSSR count). The fourth-order valence-electron chi connectivity index (χ4n) is 8.45. The van der Waals surface area contributed by atoms with Gasteiger partial charge in [-0.25, -0.2) is 4.79 Å². The second kappa shape index (κ2) is 14.6. The number of nitriles is 1. The molecule has 1 saturated heterocycles. The van der Waals surface area contributed by atoms with E-state index in [0.717, 1.165) is 22.3 Å². The molecule has 4 aliphatic rings. The van der Waals surface area contributed by atoms with Gasteiger partial charge in [0.2, 0.25) is 12.7 Å². The quantitative estimate of drug-likeness (QED) is 0.217. The van der Waals surface area contributed by atoms with Crippen molar-refractivity contribution in [3.05, 3.63) is 39.4 Å². The molecule has 15 nitrogen and oxygen atoms in total. The van der Waals surface area contributed by atoms with Crippen molar-refractivity contribution in [3.8, 4) is 34.8 Å². The van der Waals surface area contributed by atoms with Crippen molar-refractivity contribution in [2.75, 3.05) is 41.4 Å². The molecule has 2 aromatic carbocycles. The van der Waals surface area contributed by atoms with Gasteiger partial charge in [0.15, 0.2) is 29.8 Å². The molecule has 2 bridgehead atoms. The summed E-state index contributed by atoms with van der Waals surface area (Å²) in [6, 6.07) is 1.53. The maximum Gasteiger partial charge on any atom is 0.408 e. The van der Waals surface area contributed by atoms with Crippen LogP contribution in [0.5, 0.6) is 28.7 Å². The van der Waals surface area contributed by atoms with Crippen LogP contribution in [0.4, 0.5) is 4.79 Å². The Morgan fingerprint density at radius 1 is 1.06 bits per heavy atom. The van der Waals surface area contributed by atoms with E-state index in [0.29, 0.717) is 52.7 Å². The lowest BCUT2D eigenvalue weighted by Crippen LogP contribution is -2.69. The maximum atomic E-state index is 13.6. The number of fused-ring (bicyclic) bond motifs is 9. The number of rotatable bonds is 9. The van der Waals surface area contributed by atoms with Crippen LogP contribution >= 0.6 is 0 Å². The van der Waals surface area contributed by atoms with Crippen molar-refractivity contribution in [1.82, 2.24) is 20.4 Å². The zero-order valence-electron chi connectivity index (χ0n) is 32.0. The minimum Gasteiger partial charge on any atom is -0.493 e. The summed E-state index contributed by atoms with van der Waals surface area (Å²) in [6.07, 6.45) is 0.182. The summed E-state index contributed by atoms with van der Waals surface area (Å²) in [5.41, 5.74) is 4.12. The first-order chi connectivity index (χ1) is 25.1. The molecule has 0 aromatic heterocycles. The predicted octanol–water partition coefficient (Wildman–Crippen LogP) is 3.75. The smallest absolute Gasteiger partial charge is 0.408 e. The number of carbonyl (C=O) groups excluding carboxylic acids is 3. The molecule has 4 heterocycles. The van der Waals surface area contributed by atoms with Gasteiger partial charge in [0.1, 0.15) is 23.4 Å². The first kappa shape index (κ1) is 38.0. The maximum absolute atomic E-state index is 13.6. The molecule has 2 amide bonds. The fourth-order valence-corrected chi connectivity index (χ4v) is 8.45. The molecule has 4 aliphatic heterocycles. The monoisotopic (exact) mass is 735 g/mol. The first-order valence-corrected chi connectivity index (χ1v) is 17.7. The number of methoxy groups -OCH3 is 2. The normalized spacial score (nSPS) is 23.4. The average molecular weight is 736 g/mol. The predicted molar refractivity (Wildman–Crippen MR) is 190 cm³/mol. The van der Waals surface area contributed by atoms with Crippen LogP contribution in [-0.4, -0.2) is 98.9 Å². The van der Waals surface area contributed by atoms with Gasteiger partial charge in [-0.3, -0.25) is 19.4 Å². The number of nitrogens with zero attached hydrogens (tertiary/aromatic N) is 3. The number of benzene rings is 2. The van der Waals surface area contributed by atoms with Crippen molar-refractivity contribution in [1.29, 1.82) is 5.26 Å². The van der Waals surface area contributed by atoms with Gasteiger partial charge in [0, 0.05) is 54.9 Å². The van der Waals surface area contributed by atoms with Gasteiger partial charge in [-0.2, -0.15) is 5.26 Å². The van der Waals surface area contributed by atoms with Crippen molar-refractivity contribution in [2.45, 2.75) is 103 Å². The number of piperazine rings is 1. The highest BCUT2D eigenvalue weighted by atomic mass is 16.7. The van der Waals surface area contributed by atoms with E-state index in [-0.39, 0.29) is 32.2 Å². The van der Waals surface area contributed by atoms with Crippen LogP contribution in [0.3, 0.4) is 0 Å². The Kier molecular flexibility index (Phi) is 10.4. The van der Waals surface area contributed by atoms with Crippen LogP contribution < -0.4 is 34.3 Å². The molecule has 2 aromatic rings. The second-order valence-electron chi connectivity index (χ2n) is 15.0. The second-order valence-corrected chi connectivity index (χ2v) is 15.0. The van der Waals surface area contributed by atoms with Crippen LogP contribution in [0.15, 0.2) is 6.07 Å². The number of likely N-dealkylation sites (N-methyl/N-ethyl adjacent to an activating group) is 1. The van der Waals surface area contributed by atoms with Crippen LogP contribution in [0.2, 0.25) is 0 Å². The van der Waals surface area contributed by atoms with Gasteiger partial charge >= 0.3 is 12.1 Å². The molecule has 0 aliphatic carbocycles. The molecule has 1 unspecified atom stereocenters. The summed E-state index contributed by atoms with van der Waals surface area (Å²) >= 11 is 0. The van der Waals surface area contributed by atoms with Gasteiger partial charge in [-0.15, -0.1) is 0 Å². The molecule has 286 valence electrons. The number of alkyl carbamates (subject to hydrolysis) is 1. The Hall–Kier alpha value is -4.78. The van der Waals surface area contributed by atoms with Crippen molar-refractivity contribution in [2.24, 2.45) is 0 Å². The Labute approximate surface area is 309 Å². The third-order valence-corrected chi connectivity index (χ3v) is 10.4. The minimum atomic E-state index is -0.940. The third kappa shape index (κ3) is 6.79. The Morgan fingerprint density at radius 3 is 2.42 bits per heavy atom. The molecule has 2 N–H and O–H groups in total. The van der Waals surface area contributed by atoms with E-state index >= 15 is 0 Å². The molecule has 15 heteroatoms. The topological polar surface area (TPSA) is 170 Å². The summed E-state index contributed by atoms with van der Waals surface area (Å²) in [4.78, 5) is 43.2. The minimum absolute atomic E-state index is 0.00636. The van der Waals surface area contributed by atoms with Gasteiger partial charge in [-0.05, 0) is 72.6 Å². The largest absolute Gasteiger partial charge is 0.493 e. The molecule has 0 radical (unpaired) electrons. The lowest BCUT2D eigenvalue weighted by Gasteiger charge is -2.60. The molecular formula is C38H49N5O10.